The summed E-state index contributed by atoms with van der Waals surface area (Å²) in [5.41, 5.74) is 7.90. The Labute approximate surface area is 303 Å². The van der Waals surface area contributed by atoms with Crippen molar-refractivity contribution in [2.45, 2.75) is 38.1 Å². The molecule has 0 fully saturated rings. The summed E-state index contributed by atoms with van der Waals surface area (Å²) in [4.78, 5) is 7.71. The van der Waals surface area contributed by atoms with Gasteiger partial charge in [-0.15, -0.1) is 0 Å². The Morgan fingerprint density at radius 1 is 0.731 bits per heavy atom. The van der Waals surface area contributed by atoms with Gasteiger partial charge in [0.2, 0.25) is 0 Å². The predicted molar refractivity (Wildman–Crippen MR) is 223 cm³/mol. The van der Waals surface area contributed by atoms with E-state index in [0.29, 0.717) is 0 Å². The molecule has 250 valence electrons. The first-order chi connectivity index (χ1) is 25.6. The normalized spacial score (nSPS) is 19.5. The summed E-state index contributed by atoms with van der Waals surface area (Å²) in [5, 5.41) is 10.5. The van der Waals surface area contributed by atoms with Crippen LogP contribution in [-0.2, 0) is 5.41 Å². The molecule has 3 heteroatoms. The van der Waals surface area contributed by atoms with Gasteiger partial charge in [-0.3, -0.25) is 0 Å². The topological polar surface area (TPSA) is 20.5 Å². The van der Waals surface area contributed by atoms with Crippen LogP contribution in [0.25, 0.3) is 66.9 Å². The summed E-state index contributed by atoms with van der Waals surface area (Å²) in [5.74, 6) is 0.845. The van der Waals surface area contributed by atoms with Gasteiger partial charge < -0.3 is 9.47 Å². The van der Waals surface area contributed by atoms with Gasteiger partial charge >= 0.3 is 0 Å². The predicted octanol–water partition coefficient (Wildman–Crippen LogP) is 10.7. The van der Waals surface area contributed by atoms with Crippen LogP contribution in [0.1, 0.15) is 37.8 Å². The Morgan fingerprint density at radius 3 is 2.27 bits per heavy atom. The minimum Gasteiger partial charge on any atom is -0.318 e. The van der Waals surface area contributed by atoms with E-state index in [1.807, 2.05) is 6.08 Å². The molecule has 0 saturated carbocycles. The molecule has 0 spiro atoms. The first kappa shape index (κ1) is 30.6. The van der Waals surface area contributed by atoms with Crippen molar-refractivity contribution in [2.75, 3.05) is 4.90 Å². The smallest absolute Gasteiger partial charge is 0.133 e. The molecular weight excluding hydrogens is 631 g/mol. The molecule has 0 radical (unpaired) electrons. The number of hydrogen-bond donors (Lipinski definition) is 0. The molecule has 3 aliphatic rings. The summed E-state index contributed by atoms with van der Waals surface area (Å²) in [7, 11) is 0. The molecule has 2 atom stereocenters. The minimum absolute atomic E-state index is 0.117. The van der Waals surface area contributed by atoms with Gasteiger partial charge in [-0.25, -0.2) is 4.99 Å². The van der Waals surface area contributed by atoms with E-state index in [-0.39, 0.29) is 11.5 Å². The maximum atomic E-state index is 5.35. The summed E-state index contributed by atoms with van der Waals surface area (Å²) >= 11 is 0. The Kier molecular flexibility index (Phi) is 6.88. The van der Waals surface area contributed by atoms with Crippen molar-refractivity contribution in [1.29, 1.82) is 0 Å². The molecule has 52 heavy (non-hydrogen) atoms. The lowest BCUT2D eigenvalue weighted by atomic mass is 9.76. The monoisotopic (exact) mass is 669 g/mol. The van der Waals surface area contributed by atoms with Crippen molar-refractivity contribution in [1.82, 2.24) is 4.57 Å². The van der Waals surface area contributed by atoms with Crippen LogP contribution in [0, 0.1) is 0 Å². The Bertz CT molecular complexity index is 2910. The van der Waals surface area contributed by atoms with Gasteiger partial charge in [0.15, 0.2) is 0 Å². The van der Waals surface area contributed by atoms with Gasteiger partial charge in [0.1, 0.15) is 5.84 Å². The Hall–Kier alpha value is -6.19. The van der Waals surface area contributed by atoms with Crippen LogP contribution in [0.15, 0.2) is 157 Å². The second-order valence-electron chi connectivity index (χ2n) is 14.4. The standard InChI is InChI=1S/C49H39N3/c1-4-43(50-48(5-2)52-46-23-13-11-21-42(46)49(3)29-15-14-24-47(49)52)32-25-28-45-41(30-32)39-20-10-12-22-44(39)51(45)33-26-27-38-36-18-7-6-16-34(36)35-17-8-9-19-37(35)40(38)31-33/h4-7,10-31,47H,2,8-9H2,1,3H3/b43-4-,50-48?. The zero-order valence-corrected chi connectivity index (χ0v) is 29.6. The van der Waals surface area contributed by atoms with Crippen molar-refractivity contribution in [2.24, 2.45) is 4.99 Å². The van der Waals surface area contributed by atoms with Crippen molar-refractivity contribution < 1.29 is 0 Å². The number of nitrogens with zero attached hydrogens (tertiary/aromatic N) is 3. The van der Waals surface area contributed by atoms with Gasteiger partial charge in [-0.2, -0.15) is 0 Å². The molecule has 6 aromatic carbocycles. The lowest BCUT2D eigenvalue weighted by Crippen LogP contribution is -2.44. The van der Waals surface area contributed by atoms with Crippen molar-refractivity contribution in [3.05, 3.63) is 174 Å². The molecule has 0 bridgehead atoms. The van der Waals surface area contributed by atoms with Crippen LogP contribution in [0.4, 0.5) is 5.69 Å². The molecule has 10 rings (SSSR count). The van der Waals surface area contributed by atoms with Crippen molar-refractivity contribution >= 4 is 72.7 Å². The second-order valence-corrected chi connectivity index (χ2v) is 14.4. The Morgan fingerprint density at radius 2 is 1.44 bits per heavy atom. The lowest BCUT2D eigenvalue weighted by Gasteiger charge is -2.34. The van der Waals surface area contributed by atoms with Crippen molar-refractivity contribution in [3.8, 4) is 5.69 Å². The highest BCUT2D eigenvalue weighted by Gasteiger charge is 2.46. The fourth-order valence-electron chi connectivity index (χ4n) is 9.18. The van der Waals surface area contributed by atoms with Gasteiger partial charge in [-0.05, 0) is 107 Å². The zero-order chi connectivity index (χ0) is 35.0. The van der Waals surface area contributed by atoms with Gasteiger partial charge in [0.25, 0.3) is 0 Å². The molecule has 2 aliphatic carbocycles. The molecule has 0 N–H and O–H groups in total. The molecule has 7 aromatic rings. The molecular formula is C49H39N3. The molecule has 2 unspecified atom stereocenters. The van der Waals surface area contributed by atoms with E-state index in [2.05, 4.69) is 182 Å². The third kappa shape index (κ3) is 4.35. The molecule has 2 heterocycles. The summed E-state index contributed by atoms with van der Waals surface area (Å²) in [6.45, 7) is 8.66. The zero-order valence-electron chi connectivity index (χ0n) is 29.6. The number of aromatic nitrogens is 1. The maximum absolute atomic E-state index is 5.35. The van der Waals surface area contributed by atoms with E-state index in [4.69, 9.17) is 4.99 Å². The summed E-state index contributed by atoms with van der Waals surface area (Å²) < 4.78 is 2.43. The average Bonchev–Trinajstić information content (AvgIpc) is 3.67. The highest BCUT2D eigenvalue weighted by Crippen LogP contribution is 2.48. The number of benzene rings is 6. The maximum Gasteiger partial charge on any atom is 0.133 e. The van der Waals surface area contributed by atoms with E-state index in [0.717, 1.165) is 29.9 Å². The third-order valence-electron chi connectivity index (χ3n) is 11.6. The van der Waals surface area contributed by atoms with Crippen LogP contribution in [0.3, 0.4) is 0 Å². The SMILES string of the molecule is C=CC(=N/C(=C\C)c1ccc2c(c1)c1ccccc1n2-c1ccc2c(c1)c1c(c3ccccc32)=CCCC=1)N1c2ccccc2C2(C)C=CC=CC12. The van der Waals surface area contributed by atoms with Crippen molar-refractivity contribution in [3.63, 3.8) is 0 Å². The number of anilines is 1. The van der Waals surface area contributed by atoms with Gasteiger partial charge in [-0.1, -0.05) is 122 Å². The molecule has 0 saturated heterocycles. The fraction of sp³-hybridized carbons (Fsp3) is 0.122. The molecule has 0 amide bonds. The lowest BCUT2D eigenvalue weighted by molar-refractivity contribution is 0.555. The van der Waals surface area contributed by atoms with E-state index >= 15 is 0 Å². The van der Waals surface area contributed by atoms with Gasteiger partial charge in [0.05, 0.1) is 22.8 Å². The average molecular weight is 670 g/mol. The van der Waals surface area contributed by atoms with Crippen LogP contribution in [0.5, 0.6) is 0 Å². The highest BCUT2D eigenvalue weighted by molar-refractivity contribution is 6.13. The number of allylic oxidation sites excluding steroid dienone is 3. The van der Waals surface area contributed by atoms with E-state index in [1.165, 1.54) is 70.7 Å². The number of amidine groups is 1. The number of para-hydroxylation sites is 2. The quantitative estimate of drug-likeness (QED) is 0.104. The highest BCUT2D eigenvalue weighted by atomic mass is 15.2. The number of aliphatic imine (C=N–C) groups is 1. The summed E-state index contributed by atoms with van der Waals surface area (Å²) in [6.07, 6.45) is 20.0. The second kappa shape index (κ2) is 11.7. The molecule has 1 aromatic heterocycles. The Balaban J connectivity index is 1.13. The first-order valence-electron chi connectivity index (χ1n) is 18.4. The van der Waals surface area contributed by atoms with E-state index < -0.39 is 0 Å². The van der Waals surface area contributed by atoms with E-state index in [9.17, 15) is 0 Å². The molecule has 1 aliphatic heterocycles. The van der Waals surface area contributed by atoms with Gasteiger partial charge in [0, 0.05) is 33.1 Å². The van der Waals surface area contributed by atoms with Crippen LogP contribution >= 0.6 is 0 Å². The summed E-state index contributed by atoms with van der Waals surface area (Å²) in [6, 6.07) is 40.3. The van der Waals surface area contributed by atoms with Crippen LogP contribution in [-0.4, -0.2) is 16.4 Å². The number of fused-ring (bicyclic) bond motifs is 12. The van der Waals surface area contributed by atoms with Crippen LogP contribution in [0.2, 0.25) is 0 Å². The minimum atomic E-state index is -0.141. The number of rotatable bonds is 4. The first-order valence-corrected chi connectivity index (χ1v) is 18.4. The largest absolute Gasteiger partial charge is 0.318 e. The van der Waals surface area contributed by atoms with E-state index in [1.54, 1.807) is 0 Å². The fourth-order valence-corrected chi connectivity index (χ4v) is 9.18. The molecule has 3 nitrogen and oxygen atoms in total. The third-order valence-corrected chi connectivity index (χ3v) is 11.6. The number of hydrogen-bond acceptors (Lipinski definition) is 1. The van der Waals surface area contributed by atoms with Crippen LogP contribution < -0.4 is 15.3 Å².